The second kappa shape index (κ2) is 4.93. The van der Waals surface area contributed by atoms with E-state index in [1.165, 1.54) is 5.56 Å². The van der Waals surface area contributed by atoms with Crippen molar-refractivity contribution in [1.29, 1.82) is 0 Å². The van der Waals surface area contributed by atoms with Gasteiger partial charge in [-0.1, -0.05) is 24.3 Å². The topological polar surface area (TPSA) is 43.6 Å². The summed E-state index contributed by atoms with van der Waals surface area (Å²) < 4.78 is 2.73. The number of benzene rings is 1. The Kier molecular flexibility index (Phi) is 3.13. The Hall–Kier alpha value is -2.01. The highest BCUT2D eigenvalue weighted by Gasteiger charge is 2.11. The van der Waals surface area contributed by atoms with E-state index in [0.717, 1.165) is 21.8 Å². The highest BCUT2D eigenvalue weighted by Crippen LogP contribution is 2.22. The minimum absolute atomic E-state index is 0.732. The lowest BCUT2D eigenvalue weighted by Gasteiger charge is -2.09. The van der Waals surface area contributed by atoms with Crippen LogP contribution in [-0.4, -0.2) is 19.7 Å². The summed E-state index contributed by atoms with van der Waals surface area (Å²) in [6.45, 7) is 2.06. The van der Waals surface area contributed by atoms with Crippen LogP contribution in [-0.2, 0) is 0 Å². The molecule has 0 aliphatic rings. The summed E-state index contributed by atoms with van der Waals surface area (Å²) in [5.41, 5.74) is 3.01. The highest BCUT2D eigenvalue weighted by atomic mass is 79.9. The predicted molar refractivity (Wildman–Crippen MR) is 77.0 cm³/mol. The Morgan fingerprint density at radius 3 is 2.68 bits per heavy atom. The second-order valence-electron chi connectivity index (χ2n) is 4.16. The smallest absolute Gasteiger partial charge is 0.187 e. The SMILES string of the molecule is Cc1ccccc1-n1cnnc1-c1cccc(Br)n1. The van der Waals surface area contributed by atoms with Crippen molar-refractivity contribution in [2.45, 2.75) is 6.92 Å². The van der Waals surface area contributed by atoms with Crippen molar-refractivity contribution >= 4 is 15.9 Å². The van der Waals surface area contributed by atoms with Crippen LogP contribution in [0.5, 0.6) is 0 Å². The molecule has 3 rings (SSSR count). The molecule has 19 heavy (non-hydrogen) atoms. The zero-order chi connectivity index (χ0) is 13.2. The van der Waals surface area contributed by atoms with E-state index in [1.54, 1.807) is 6.33 Å². The maximum Gasteiger partial charge on any atom is 0.187 e. The first-order valence-electron chi connectivity index (χ1n) is 5.84. The van der Waals surface area contributed by atoms with E-state index in [1.807, 2.05) is 41.0 Å². The maximum atomic E-state index is 4.42. The van der Waals surface area contributed by atoms with Gasteiger partial charge in [-0.25, -0.2) is 4.98 Å². The zero-order valence-electron chi connectivity index (χ0n) is 10.3. The molecule has 0 fully saturated rings. The summed E-state index contributed by atoms with van der Waals surface area (Å²) in [5.74, 6) is 0.732. The molecule has 3 aromatic rings. The van der Waals surface area contributed by atoms with Gasteiger partial charge in [-0.3, -0.25) is 4.57 Å². The molecule has 4 nitrogen and oxygen atoms in total. The second-order valence-corrected chi connectivity index (χ2v) is 4.97. The van der Waals surface area contributed by atoms with Gasteiger partial charge in [-0.15, -0.1) is 10.2 Å². The highest BCUT2D eigenvalue weighted by molar-refractivity contribution is 9.10. The Labute approximate surface area is 119 Å². The van der Waals surface area contributed by atoms with Crippen LogP contribution >= 0.6 is 15.9 Å². The number of hydrogen-bond donors (Lipinski definition) is 0. The van der Waals surface area contributed by atoms with E-state index < -0.39 is 0 Å². The molecule has 0 unspecified atom stereocenters. The molecule has 0 bridgehead atoms. The van der Waals surface area contributed by atoms with E-state index >= 15 is 0 Å². The molecule has 0 saturated heterocycles. The van der Waals surface area contributed by atoms with Gasteiger partial charge in [0.1, 0.15) is 16.6 Å². The molecular formula is C14H11BrN4. The largest absolute Gasteiger partial charge is 0.280 e. The van der Waals surface area contributed by atoms with Gasteiger partial charge in [0.25, 0.3) is 0 Å². The molecule has 0 N–H and O–H groups in total. The zero-order valence-corrected chi connectivity index (χ0v) is 11.9. The normalized spacial score (nSPS) is 10.6. The Morgan fingerprint density at radius 2 is 1.89 bits per heavy atom. The molecule has 0 atom stereocenters. The average molecular weight is 315 g/mol. The van der Waals surface area contributed by atoms with Crippen molar-refractivity contribution in [2.75, 3.05) is 0 Å². The summed E-state index contributed by atoms with van der Waals surface area (Å²) in [4.78, 5) is 4.42. The average Bonchev–Trinajstić information content (AvgIpc) is 2.88. The molecular weight excluding hydrogens is 304 g/mol. The summed E-state index contributed by atoms with van der Waals surface area (Å²) >= 11 is 3.37. The molecule has 0 amide bonds. The lowest BCUT2D eigenvalue weighted by atomic mass is 10.2. The lowest BCUT2D eigenvalue weighted by molar-refractivity contribution is 1.03. The number of aryl methyl sites for hydroxylation is 1. The van der Waals surface area contributed by atoms with Gasteiger partial charge in [0, 0.05) is 0 Å². The standard InChI is InChI=1S/C14H11BrN4/c1-10-5-2-3-7-12(10)19-9-16-18-14(19)11-6-4-8-13(15)17-11/h2-9H,1H3. The van der Waals surface area contributed by atoms with Crippen LogP contribution in [0.25, 0.3) is 17.2 Å². The summed E-state index contributed by atoms with van der Waals surface area (Å²) in [7, 11) is 0. The number of pyridine rings is 1. The van der Waals surface area contributed by atoms with Gasteiger partial charge < -0.3 is 0 Å². The molecule has 2 aromatic heterocycles. The van der Waals surface area contributed by atoms with Crippen LogP contribution < -0.4 is 0 Å². The van der Waals surface area contributed by atoms with Gasteiger partial charge in [0.05, 0.1) is 5.69 Å². The third-order valence-electron chi connectivity index (χ3n) is 2.87. The van der Waals surface area contributed by atoms with Crippen LogP contribution in [0.3, 0.4) is 0 Å². The van der Waals surface area contributed by atoms with Crippen LogP contribution in [0, 0.1) is 6.92 Å². The first-order valence-corrected chi connectivity index (χ1v) is 6.64. The monoisotopic (exact) mass is 314 g/mol. The summed E-state index contributed by atoms with van der Waals surface area (Å²) in [6, 6.07) is 13.9. The third kappa shape index (κ3) is 2.29. The summed E-state index contributed by atoms with van der Waals surface area (Å²) in [5, 5.41) is 8.18. The fourth-order valence-electron chi connectivity index (χ4n) is 1.95. The molecule has 1 aromatic carbocycles. The molecule has 0 saturated carbocycles. The minimum atomic E-state index is 0.732. The van der Waals surface area contributed by atoms with Crippen molar-refractivity contribution in [3.8, 4) is 17.2 Å². The number of rotatable bonds is 2. The number of para-hydroxylation sites is 1. The van der Waals surface area contributed by atoms with Crippen molar-refractivity contribution in [3.63, 3.8) is 0 Å². The van der Waals surface area contributed by atoms with Crippen LogP contribution in [0.2, 0.25) is 0 Å². The van der Waals surface area contributed by atoms with Gasteiger partial charge >= 0.3 is 0 Å². The van der Waals surface area contributed by atoms with Crippen LogP contribution in [0.4, 0.5) is 0 Å². The van der Waals surface area contributed by atoms with Gasteiger partial charge in [0.15, 0.2) is 5.82 Å². The number of hydrogen-bond acceptors (Lipinski definition) is 3. The quantitative estimate of drug-likeness (QED) is 0.681. The van der Waals surface area contributed by atoms with Crippen LogP contribution in [0.15, 0.2) is 53.4 Å². The fourth-order valence-corrected chi connectivity index (χ4v) is 2.30. The molecule has 0 aliphatic heterocycles. The van der Waals surface area contributed by atoms with Gasteiger partial charge in [-0.05, 0) is 46.6 Å². The van der Waals surface area contributed by atoms with Gasteiger partial charge in [-0.2, -0.15) is 0 Å². The third-order valence-corrected chi connectivity index (χ3v) is 3.31. The predicted octanol–water partition coefficient (Wildman–Crippen LogP) is 3.40. The lowest BCUT2D eigenvalue weighted by Crippen LogP contribution is -1.99. The van der Waals surface area contributed by atoms with Crippen LogP contribution in [0.1, 0.15) is 5.56 Å². The Morgan fingerprint density at radius 1 is 1.05 bits per heavy atom. The molecule has 2 heterocycles. The van der Waals surface area contributed by atoms with Crippen molar-refractivity contribution in [3.05, 3.63) is 59.0 Å². The minimum Gasteiger partial charge on any atom is -0.280 e. The molecule has 0 radical (unpaired) electrons. The van der Waals surface area contributed by atoms with Crippen molar-refractivity contribution in [2.24, 2.45) is 0 Å². The van der Waals surface area contributed by atoms with Crippen molar-refractivity contribution in [1.82, 2.24) is 19.7 Å². The first-order chi connectivity index (χ1) is 9.25. The van der Waals surface area contributed by atoms with Crippen molar-refractivity contribution < 1.29 is 0 Å². The fraction of sp³-hybridized carbons (Fsp3) is 0.0714. The van der Waals surface area contributed by atoms with E-state index in [0.29, 0.717) is 0 Å². The molecule has 0 aliphatic carbocycles. The molecule has 0 spiro atoms. The molecule has 5 heteroatoms. The van der Waals surface area contributed by atoms with E-state index in [2.05, 4.69) is 44.1 Å². The van der Waals surface area contributed by atoms with Gasteiger partial charge in [0.2, 0.25) is 0 Å². The maximum absolute atomic E-state index is 4.42. The Balaban J connectivity index is 2.16. The number of halogens is 1. The molecule has 94 valence electrons. The van der Waals surface area contributed by atoms with E-state index in [4.69, 9.17) is 0 Å². The van der Waals surface area contributed by atoms with E-state index in [-0.39, 0.29) is 0 Å². The number of nitrogens with zero attached hydrogens (tertiary/aromatic N) is 4. The van der Waals surface area contributed by atoms with E-state index in [9.17, 15) is 0 Å². The Bertz CT molecular complexity index is 721. The summed E-state index contributed by atoms with van der Waals surface area (Å²) in [6.07, 6.45) is 1.71. The number of aromatic nitrogens is 4. The first kappa shape index (κ1) is 12.0.